The summed E-state index contributed by atoms with van der Waals surface area (Å²) in [4.78, 5) is 0. The summed E-state index contributed by atoms with van der Waals surface area (Å²) < 4.78 is 12.7. The third-order valence-corrected chi connectivity index (χ3v) is 1.15. The minimum Gasteiger partial charge on any atom is -0.306 e. The number of allylic oxidation sites excluding steroid dienone is 2. The van der Waals surface area contributed by atoms with Crippen LogP contribution in [0.3, 0.4) is 0 Å². The maximum Gasteiger partial charge on any atom is 0.198 e. The molecule has 0 aromatic rings. The van der Waals surface area contributed by atoms with Gasteiger partial charge in [0, 0.05) is 0 Å². The first kappa shape index (κ1) is 9.90. The lowest BCUT2D eigenvalue weighted by Crippen LogP contribution is -2.10. The highest BCUT2D eigenvalue weighted by Crippen LogP contribution is 1.94. The Labute approximate surface area is 66.8 Å². The van der Waals surface area contributed by atoms with Gasteiger partial charge >= 0.3 is 0 Å². The first-order valence-electron chi connectivity index (χ1n) is 3.56. The van der Waals surface area contributed by atoms with Gasteiger partial charge in [-0.15, -0.1) is 0 Å². The van der Waals surface area contributed by atoms with Crippen LogP contribution in [0.5, 0.6) is 0 Å². The van der Waals surface area contributed by atoms with Gasteiger partial charge in [-0.2, -0.15) is 0 Å². The maximum absolute atomic E-state index is 12.7. The van der Waals surface area contributed by atoms with Gasteiger partial charge in [-0.05, 0) is 19.4 Å². The van der Waals surface area contributed by atoms with E-state index in [0.717, 1.165) is 0 Å². The second kappa shape index (κ2) is 5.67. The Hall–Kier alpha value is -1.10. The van der Waals surface area contributed by atoms with Crippen LogP contribution in [0, 0.1) is 17.3 Å². The summed E-state index contributed by atoms with van der Waals surface area (Å²) in [5, 5.41) is 7.08. The molecule has 2 heteroatoms. The molecule has 1 nitrogen and oxygen atoms in total. The summed E-state index contributed by atoms with van der Waals surface area (Å²) in [6.45, 7) is 3.55. The second-order valence-corrected chi connectivity index (χ2v) is 2.03. The largest absolute Gasteiger partial charge is 0.306 e. The first-order chi connectivity index (χ1) is 5.22. The average molecular weight is 153 g/mol. The smallest absolute Gasteiger partial charge is 0.198 e. The van der Waals surface area contributed by atoms with Crippen molar-refractivity contribution in [2.24, 2.45) is 0 Å². The van der Waals surface area contributed by atoms with E-state index in [1.54, 1.807) is 19.1 Å². The summed E-state index contributed by atoms with van der Waals surface area (Å²) in [7, 11) is 0. The SMILES string of the molecule is CC=CC#CC(F)C(=N)CC. The van der Waals surface area contributed by atoms with E-state index in [4.69, 9.17) is 5.41 Å². The molecule has 0 rings (SSSR count). The Kier molecular flexibility index (Phi) is 5.10. The number of halogens is 1. The fraction of sp³-hybridized carbons (Fsp3) is 0.444. The summed E-state index contributed by atoms with van der Waals surface area (Å²) in [5.74, 6) is 4.81. The Balaban J connectivity index is 3.98. The van der Waals surface area contributed by atoms with Gasteiger partial charge in [-0.25, -0.2) is 4.39 Å². The fourth-order valence-electron chi connectivity index (χ4n) is 0.471. The summed E-state index contributed by atoms with van der Waals surface area (Å²) in [6, 6.07) is 0. The van der Waals surface area contributed by atoms with Crippen LogP contribution < -0.4 is 0 Å². The van der Waals surface area contributed by atoms with Crippen molar-refractivity contribution in [3.8, 4) is 11.8 Å². The van der Waals surface area contributed by atoms with E-state index in [9.17, 15) is 4.39 Å². The zero-order valence-electron chi connectivity index (χ0n) is 6.82. The summed E-state index contributed by atoms with van der Waals surface area (Å²) >= 11 is 0. The van der Waals surface area contributed by atoms with E-state index < -0.39 is 6.17 Å². The van der Waals surface area contributed by atoms with Crippen molar-refractivity contribution in [1.82, 2.24) is 0 Å². The molecule has 0 amide bonds. The van der Waals surface area contributed by atoms with Crippen LogP contribution in [0.4, 0.5) is 4.39 Å². The van der Waals surface area contributed by atoms with Crippen LogP contribution in [-0.2, 0) is 0 Å². The molecule has 0 aliphatic heterocycles. The van der Waals surface area contributed by atoms with Crippen molar-refractivity contribution >= 4 is 5.71 Å². The highest BCUT2D eigenvalue weighted by molar-refractivity contribution is 5.88. The van der Waals surface area contributed by atoms with Crippen molar-refractivity contribution in [1.29, 1.82) is 5.41 Å². The molecule has 1 atom stereocenters. The van der Waals surface area contributed by atoms with E-state index in [2.05, 4.69) is 11.8 Å². The van der Waals surface area contributed by atoms with Crippen LogP contribution in [0.25, 0.3) is 0 Å². The van der Waals surface area contributed by atoms with Crippen LogP contribution in [0.15, 0.2) is 12.2 Å². The summed E-state index contributed by atoms with van der Waals surface area (Å²) in [6.07, 6.45) is 2.33. The van der Waals surface area contributed by atoms with Crippen LogP contribution in [0.2, 0.25) is 0 Å². The molecule has 0 bridgehead atoms. The normalized spacial score (nSPS) is 12.3. The van der Waals surface area contributed by atoms with E-state index in [1.807, 2.05) is 6.92 Å². The molecule has 0 heterocycles. The van der Waals surface area contributed by atoms with Crippen LogP contribution >= 0.6 is 0 Å². The Morgan fingerprint density at radius 1 is 1.73 bits per heavy atom. The van der Waals surface area contributed by atoms with Gasteiger partial charge in [0.15, 0.2) is 6.17 Å². The maximum atomic E-state index is 12.7. The molecule has 0 aliphatic carbocycles. The minimum absolute atomic E-state index is 0.0435. The van der Waals surface area contributed by atoms with Gasteiger partial charge in [0.1, 0.15) is 0 Å². The van der Waals surface area contributed by atoms with Gasteiger partial charge in [0.25, 0.3) is 0 Å². The average Bonchev–Trinajstić information content (AvgIpc) is 2.03. The monoisotopic (exact) mass is 153 g/mol. The quantitative estimate of drug-likeness (QED) is 0.465. The van der Waals surface area contributed by atoms with Gasteiger partial charge in [-0.1, -0.05) is 24.8 Å². The first-order valence-corrected chi connectivity index (χ1v) is 3.56. The molecule has 1 unspecified atom stereocenters. The number of nitrogens with one attached hydrogen (secondary N) is 1. The van der Waals surface area contributed by atoms with Crippen molar-refractivity contribution in [2.45, 2.75) is 26.4 Å². The van der Waals surface area contributed by atoms with Crippen molar-refractivity contribution in [3.05, 3.63) is 12.2 Å². The second-order valence-electron chi connectivity index (χ2n) is 2.03. The molecule has 0 saturated heterocycles. The van der Waals surface area contributed by atoms with Gasteiger partial charge in [-0.3, -0.25) is 0 Å². The zero-order valence-corrected chi connectivity index (χ0v) is 6.82. The molecular weight excluding hydrogens is 141 g/mol. The predicted molar refractivity (Wildman–Crippen MR) is 45.5 cm³/mol. The van der Waals surface area contributed by atoms with E-state index in [0.29, 0.717) is 6.42 Å². The third-order valence-electron chi connectivity index (χ3n) is 1.15. The zero-order chi connectivity index (χ0) is 8.69. The standard InChI is InChI=1S/C9H12FN/c1-3-5-6-7-8(10)9(11)4-2/h3,5,8,11H,4H2,1-2H3. The van der Waals surface area contributed by atoms with Gasteiger partial charge in [0.2, 0.25) is 0 Å². The summed E-state index contributed by atoms with van der Waals surface area (Å²) in [5.41, 5.74) is 0.0435. The lowest BCUT2D eigenvalue weighted by Gasteiger charge is -1.96. The van der Waals surface area contributed by atoms with Gasteiger partial charge in [0.05, 0.1) is 5.71 Å². The topological polar surface area (TPSA) is 23.9 Å². The molecule has 0 saturated carbocycles. The predicted octanol–water partition coefficient (Wildman–Crippen LogP) is 2.33. The van der Waals surface area contributed by atoms with Crippen molar-refractivity contribution in [3.63, 3.8) is 0 Å². The molecular formula is C9H12FN. The number of rotatable bonds is 2. The molecule has 1 N–H and O–H groups in total. The number of hydrogen-bond acceptors (Lipinski definition) is 1. The molecule has 0 aromatic carbocycles. The van der Waals surface area contributed by atoms with Crippen molar-refractivity contribution in [2.75, 3.05) is 0 Å². The third kappa shape index (κ3) is 4.32. The van der Waals surface area contributed by atoms with E-state index in [-0.39, 0.29) is 5.71 Å². The van der Waals surface area contributed by atoms with Crippen LogP contribution in [-0.4, -0.2) is 11.9 Å². The molecule has 0 fully saturated rings. The highest BCUT2D eigenvalue weighted by Gasteiger charge is 2.05. The molecule has 11 heavy (non-hydrogen) atoms. The Bertz CT molecular complexity index is 207. The van der Waals surface area contributed by atoms with Gasteiger partial charge < -0.3 is 5.41 Å². The number of hydrogen-bond donors (Lipinski definition) is 1. The van der Waals surface area contributed by atoms with E-state index >= 15 is 0 Å². The lowest BCUT2D eigenvalue weighted by atomic mass is 10.2. The molecule has 0 radical (unpaired) electrons. The minimum atomic E-state index is -1.39. The molecule has 0 aliphatic rings. The number of alkyl halides is 1. The Morgan fingerprint density at radius 2 is 2.36 bits per heavy atom. The molecule has 0 spiro atoms. The van der Waals surface area contributed by atoms with E-state index in [1.165, 1.54) is 0 Å². The molecule has 0 aromatic heterocycles. The van der Waals surface area contributed by atoms with Crippen molar-refractivity contribution < 1.29 is 4.39 Å². The fourth-order valence-corrected chi connectivity index (χ4v) is 0.471. The Morgan fingerprint density at radius 3 is 2.82 bits per heavy atom. The van der Waals surface area contributed by atoms with Crippen LogP contribution in [0.1, 0.15) is 20.3 Å². The highest BCUT2D eigenvalue weighted by atomic mass is 19.1. The molecule has 60 valence electrons. The lowest BCUT2D eigenvalue weighted by molar-refractivity contribution is 0.498.